The van der Waals surface area contributed by atoms with Crippen molar-refractivity contribution in [3.05, 3.63) is 75.9 Å². The molecule has 0 aliphatic carbocycles. The summed E-state index contributed by atoms with van der Waals surface area (Å²) in [4.78, 5) is 12.8. The van der Waals surface area contributed by atoms with Crippen LogP contribution in [0.25, 0.3) is 0 Å². The van der Waals surface area contributed by atoms with Crippen LogP contribution in [0.2, 0.25) is 0 Å². The van der Waals surface area contributed by atoms with E-state index in [0.717, 1.165) is 7.88 Å². The number of rotatable bonds is 10. The molecule has 3 aromatic rings. The minimum Gasteiger partial charge on any atom is -0.493 e. The van der Waals surface area contributed by atoms with Crippen molar-refractivity contribution in [1.82, 2.24) is 5.43 Å². The first-order valence-electron chi connectivity index (χ1n) is 10.3. The highest BCUT2D eigenvalue weighted by atomic mass is 127. The normalized spacial score (nSPS) is 11.2. The number of anilines is 1. The molecule has 0 unspecified atom stereocenters. The first kappa shape index (κ1) is 26.3. The summed E-state index contributed by atoms with van der Waals surface area (Å²) < 4.78 is 44.6. The van der Waals surface area contributed by atoms with Crippen LogP contribution in [-0.4, -0.2) is 48.4 Å². The van der Waals surface area contributed by atoms with Gasteiger partial charge in [-0.1, -0.05) is 18.2 Å². The smallest absolute Gasteiger partial charge is 0.264 e. The molecule has 0 atom stereocenters. The van der Waals surface area contributed by atoms with Crippen LogP contribution in [0, 0.1) is 3.57 Å². The van der Waals surface area contributed by atoms with Crippen LogP contribution >= 0.6 is 22.6 Å². The van der Waals surface area contributed by atoms with Crippen molar-refractivity contribution in [3.63, 3.8) is 0 Å². The van der Waals surface area contributed by atoms with Gasteiger partial charge in [-0.2, -0.15) is 5.10 Å². The largest absolute Gasteiger partial charge is 0.493 e. The van der Waals surface area contributed by atoms with Crippen LogP contribution in [0.3, 0.4) is 0 Å². The molecule has 1 N–H and O–H groups in total. The summed E-state index contributed by atoms with van der Waals surface area (Å²) in [5.41, 5.74) is 3.26. The molecule has 0 bridgehead atoms. The lowest BCUT2D eigenvalue weighted by atomic mass is 10.2. The molecule has 0 heterocycles. The Morgan fingerprint density at radius 1 is 0.943 bits per heavy atom. The molecule has 0 saturated carbocycles. The van der Waals surface area contributed by atoms with E-state index in [1.807, 2.05) is 0 Å². The lowest BCUT2D eigenvalue weighted by Crippen LogP contribution is -2.39. The zero-order valence-electron chi connectivity index (χ0n) is 19.3. The molecule has 35 heavy (non-hydrogen) atoms. The summed E-state index contributed by atoms with van der Waals surface area (Å²) in [6.07, 6.45) is 1.37. The highest BCUT2D eigenvalue weighted by molar-refractivity contribution is 14.1. The lowest BCUT2D eigenvalue weighted by molar-refractivity contribution is -0.119. The van der Waals surface area contributed by atoms with Gasteiger partial charge < -0.3 is 14.2 Å². The van der Waals surface area contributed by atoms with Crippen LogP contribution in [0.4, 0.5) is 5.69 Å². The third-order valence-corrected chi connectivity index (χ3v) is 7.37. The van der Waals surface area contributed by atoms with Crippen molar-refractivity contribution in [3.8, 4) is 17.2 Å². The topological polar surface area (TPSA) is 107 Å². The van der Waals surface area contributed by atoms with Crippen molar-refractivity contribution in [2.24, 2.45) is 5.10 Å². The quantitative estimate of drug-likeness (QED) is 0.214. The molecule has 0 aromatic heterocycles. The van der Waals surface area contributed by atoms with E-state index in [9.17, 15) is 13.2 Å². The van der Waals surface area contributed by atoms with Crippen LogP contribution < -0.4 is 23.9 Å². The fourth-order valence-corrected chi connectivity index (χ4v) is 5.01. The van der Waals surface area contributed by atoms with Crippen molar-refractivity contribution in [2.75, 3.05) is 32.2 Å². The van der Waals surface area contributed by atoms with Gasteiger partial charge in [0.05, 0.1) is 38.1 Å². The maximum absolute atomic E-state index is 13.3. The minimum absolute atomic E-state index is 0.0740. The molecule has 11 heteroatoms. The van der Waals surface area contributed by atoms with Gasteiger partial charge in [0, 0.05) is 9.13 Å². The number of hydrazone groups is 1. The second-order valence-electron chi connectivity index (χ2n) is 7.02. The summed E-state index contributed by atoms with van der Waals surface area (Å²) in [6.45, 7) is -0.474. The molecule has 0 aliphatic heterocycles. The Bertz CT molecular complexity index is 1300. The molecule has 3 aromatic carbocycles. The number of hydrogen-bond acceptors (Lipinski definition) is 7. The highest BCUT2D eigenvalue weighted by Crippen LogP contribution is 2.39. The van der Waals surface area contributed by atoms with Gasteiger partial charge in [0.15, 0.2) is 11.5 Å². The maximum Gasteiger partial charge on any atom is 0.264 e. The second kappa shape index (κ2) is 11.9. The molecule has 0 fully saturated rings. The van der Waals surface area contributed by atoms with E-state index in [0.29, 0.717) is 28.5 Å². The van der Waals surface area contributed by atoms with Gasteiger partial charge in [-0.25, -0.2) is 13.8 Å². The number of halogens is 1. The van der Waals surface area contributed by atoms with Crippen molar-refractivity contribution < 1.29 is 27.4 Å². The number of carbonyl (C=O) groups excluding carboxylic acids is 1. The fraction of sp³-hybridized carbons (Fsp3) is 0.167. The number of hydrogen-bond donors (Lipinski definition) is 1. The molecular formula is C24H24IN3O6S. The van der Waals surface area contributed by atoms with E-state index < -0.39 is 22.5 Å². The Kier molecular flexibility index (Phi) is 8.93. The van der Waals surface area contributed by atoms with Crippen molar-refractivity contribution in [2.45, 2.75) is 4.90 Å². The Morgan fingerprint density at radius 3 is 2.20 bits per heavy atom. The maximum atomic E-state index is 13.3. The number of benzene rings is 3. The summed E-state index contributed by atoms with van der Waals surface area (Å²) >= 11 is 2.12. The van der Waals surface area contributed by atoms with E-state index in [-0.39, 0.29) is 4.90 Å². The van der Waals surface area contributed by atoms with Gasteiger partial charge in [0.2, 0.25) is 5.75 Å². The Morgan fingerprint density at radius 2 is 1.60 bits per heavy atom. The summed E-state index contributed by atoms with van der Waals surface area (Å²) in [5.74, 6) is 0.602. The van der Waals surface area contributed by atoms with Crippen LogP contribution in [0.1, 0.15) is 5.56 Å². The predicted molar refractivity (Wildman–Crippen MR) is 142 cm³/mol. The van der Waals surface area contributed by atoms with E-state index >= 15 is 0 Å². The van der Waals surface area contributed by atoms with Gasteiger partial charge in [-0.05, 0) is 71.1 Å². The molecule has 0 radical (unpaired) electrons. The number of nitrogens with zero attached hydrogens (tertiary/aromatic N) is 2. The first-order chi connectivity index (χ1) is 16.8. The Balaban J connectivity index is 1.84. The van der Waals surface area contributed by atoms with Gasteiger partial charge in [0.25, 0.3) is 15.9 Å². The monoisotopic (exact) mass is 609 g/mol. The van der Waals surface area contributed by atoms with Gasteiger partial charge >= 0.3 is 0 Å². The van der Waals surface area contributed by atoms with Crippen LogP contribution in [0.5, 0.6) is 17.2 Å². The molecule has 0 spiro atoms. The number of amides is 1. The number of sulfonamides is 1. The average molecular weight is 609 g/mol. The van der Waals surface area contributed by atoms with Crippen molar-refractivity contribution in [1.29, 1.82) is 0 Å². The van der Waals surface area contributed by atoms with Gasteiger partial charge in [-0.15, -0.1) is 0 Å². The molecule has 0 aliphatic rings. The number of carbonyl (C=O) groups is 1. The zero-order valence-corrected chi connectivity index (χ0v) is 22.2. The van der Waals surface area contributed by atoms with E-state index in [4.69, 9.17) is 14.2 Å². The first-order valence-corrected chi connectivity index (χ1v) is 12.8. The van der Waals surface area contributed by atoms with Crippen molar-refractivity contribution >= 4 is 50.4 Å². The highest BCUT2D eigenvalue weighted by Gasteiger charge is 2.27. The summed E-state index contributed by atoms with van der Waals surface area (Å²) in [5, 5.41) is 3.97. The van der Waals surface area contributed by atoms with Gasteiger partial charge in [0.1, 0.15) is 6.54 Å². The Hall–Kier alpha value is -3.32. The summed E-state index contributed by atoms with van der Waals surface area (Å²) in [7, 11) is 0.464. The summed E-state index contributed by atoms with van der Waals surface area (Å²) in [6, 6.07) is 18.1. The lowest BCUT2D eigenvalue weighted by Gasteiger charge is -2.23. The van der Waals surface area contributed by atoms with E-state index in [1.54, 1.807) is 54.6 Å². The molecule has 3 rings (SSSR count). The Labute approximate surface area is 217 Å². The number of nitrogens with one attached hydrogen (secondary N) is 1. The SMILES string of the molecule is COc1ccc(/C=N\NC(=O)CN(c2ccc(I)cc2)S(=O)(=O)c2ccccc2)c(OC)c1OC. The number of methoxy groups -OCH3 is 3. The third kappa shape index (κ3) is 6.22. The molecule has 1 amide bonds. The molecule has 9 nitrogen and oxygen atoms in total. The third-order valence-electron chi connectivity index (χ3n) is 4.86. The second-order valence-corrected chi connectivity index (χ2v) is 10.1. The average Bonchev–Trinajstić information content (AvgIpc) is 2.87. The molecular weight excluding hydrogens is 585 g/mol. The van der Waals surface area contributed by atoms with Crippen LogP contribution in [-0.2, 0) is 14.8 Å². The number of ether oxygens (including phenoxy) is 3. The molecule has 184 valence electrons. The van der Waals surface area contributed by atoms with Crippen LogP contribution in [0.15, 0.2) is 76.7 Å². The standard InChI is InChI=1S/C24H24IN3O6S/c1-32-21-14-9-17(23(33-2)24(21)34-3)15-26-27-22(29)16-28(19-12-10-18(25)11-13-19)35(30,31)20-7-5-4-6-8-20/h4-15H,16H2,1-3H3,(H,27,29)/b26-15-. The van der Waals surface area contributed by atoms with E-state index in [1.165, 1.54) is 39.7 Å². The fourth-order valence-electron chi connectivity index (χ4n) is 3.21. The van der Waals surface area contributed by atoms with E-state index in [2.05, 4.69) is 33.1 Å². The minimum atomic E-state index is -4.00. The molecule has 0 saturated heterocycles. The van der Waals surface area contributed by atoms with Gasteiger partial charge in [-0.3, -0.25) is 9.10 Å². The predicted octanol–water partition coefficient (Wildman–Crippen LogP) is 3.66. The zero-order chi connectivity index (χ0) is 25.4.